The molecular formula is C28H19ClF5N5O3. The summed E-state index contributed by atoms with van der Waals surface area (Å²) in [4.78, 5) is 45.5. The number of likely N-dealkylation sites (tertiary alicyclic amines) is 1. The topological polar surface area (TPSA) is 95.8 Å². The summed E-state index contributed by atoms with van der Waals surface area (Å²) in [6, 6.07) is 5.09. The Morgan fingerprint density at radius 2 is 1.76 bits per heavy atom. The minimum absolute atomic E-state index is 0.0302. The third kappa shape index (κ3) is 4.83. The van der Waals surface area contributed by atoms with Crippen LogP contribution in [0.4, 0.5) is 27.6 Å². The second-order valence-corrected chi connectivity index (χ2v) is 10.3. The maximum Gasteiger partial charge on any atom is 0.416 e. The second-order valence-electron chi connectivity index (χ2n) is 9.93. The van der Waals surface area contributed by atoms with Gasteiger partial charge in [-0.2, -0.15) is 13.2 Å². The largest absolute Gasteiger partial charge is 0.416 e. The molecule has 2 aliphatic rings. The van der Waals surface area contributed by atoms with Crippen LogP contribution in [0.5, 0.6) is 0 Å². The van der Waals surface area contributed by atoms with Crippen molar-refractivity contribution < 1.29 is 36.3 Å². The minimum atomic E-state index is -4.92. The molecule has 2 aromatic heterocycles. The lowest BCUT2D eigenvalue weighted by molar-refractivity contribution is -0.137. The van der Waals surface area contributed by atoms with Crippen LogP contribution in [0.15, 0.2) is 48.7 Å². The summed E-state index contributed by atoms with van der Waals surface area (Å²) >= 11 is 6.34. The van der Waals surface area contributed by atoms with Gasteiger partial charge >= 0.3 is 6.18 Å². The van der Waals surface area contributed by atoms with Gasteiger partial charge in [0.15, 0.2) is 0 Å². The number of pyridine rings is 1. The summed E-state index contributed by atoms with van der Waals surface area (Å²) in [5.41, 5.74) is -1.82. The Kier molecular flexibility index (Phi) is 6.64. The summed E-state index contributed by atoms with van der Waals surface area (Å²) in [6.45, 7) is 1.08. The summed E-state index contributed by atoms with van der Waals surface area (Å²) in [7, 11) is 0. The molecule has 6 rings (SSSR count). The molecule has 1 fully saturated rings. The number of benzene rings is 2. The number of rotatable bonds is 4. The molecule has 2 N–H and O–H groups in total. The van der Waals surface area contributed by atoms with Crippen molar-refractivity contribution in [2.24, 2.45) is 0 Å². The van der Waals surface area contributed by atoms with Crippen molar-refractivity contribution in [3.05, 3.63) is 99.0 Å². The zero-order valence-electron chi connectivity index (χ0n) is 21.4. The zero-order chi connectivity index (χ0) is 29.9. The number of aromatic nitrogens is 2. The SMILES string of the molecule is O=C(Nc1cc2nc(C(=O)N3CCCC3)cn2c2c1C(c1cc(F)ccc1Cl)NC2=O)c1cc(F)cc(C(F)(F)F)c1. The van der Waals surface area contributed by atoms with E-state index in [1.54, 1.807) is 4.90 Å². The average molecular weight is 604 g/mol. The van der Waals surface area contributed by atoms with Gasteiger partial charge in [-0.15, -0.1) is 0 Å². The Labute approximate surface area is 239 Å². The average Bonchev–Trinajstić information content (AvgIpc) is 3.68. The highest BCUT2D eigenvalue weighted by Crippen LogP contribution is 2.40. The Bertz CT molecular complexity index is 1800. The third-order valence-electron chi connectivity index (χ3n) is 7.19. The van der Waals surface area contributed by atoms with E-state index >= 15 is 0 Å². The number of nitrogens with one attached hydrogen (secondary N) is 2. The van der Waals surface area contributed by atoms with Gasteiger partial charge in [-0.3, -0.25) is 18.8 Å². The highest BCUT2D eigenvalue weighted by Gasteiger charge is 2.38. The monoisotopic (exact) mass is 603 g/mol. The van der Waals surface area contributed by atoms with Crippen molar-refractivity contribution in [1.29, 1.82) is 0 Å². The maximum atomic E-state index is 14.2. The second kappa shape index (κ2) is 10.1. The summed E-state index contributed by atoms with van der Waals surface area (Å²) in [5.74, 6) is -4.09. The van der Waals surface area contributed by atoms with Crippen LogP contribution >= 0.6 is 11.6 Å². The molecule has 0 spiro atoms. The molecule has 1 atom stereocenters. The van der Waals surface area contributed by atoms with Crippen molar-refractivity contribution >= 4 is 40.7 Å². The fourth-order valence-corrected chi connectivity index (χ4v) is 5.50. The van der Waals surface area contributed by atoms with Crippen LogP contribution in [-0.2, 0) is 6.18 Å². The first-order chi connectivity index (χ1) is 19.9. The quantitative estimate of drug-likeness (QED) is 0.297. The van der Waals surface area contributed by atoms with Crippen LogP contribution < -0.4 is 10.6 Å². The fraction of sp³-hybridized carbons (Fsp3) is 0.214. The number of anilines is 1. The molecule has 0 bridgehead atoms. The van der Waals surface area contributed by atoms with Crippen LogP contribution in [0.2, 0.25) is 5.02 Å². The number of carbonyl (C=O) groups excluding carboxylic acids is 3. The van der Waals surface area contributed by atoms with Gasteiger partial charge in [0, 0.05) is 47.1 Å². The lowest BCUT2D eigenvalue weighted by atomic mass is 9.98. The number of hydrogen-bond acceptors (Lipinski definition) is 4. The summed E-state index contributed by atoms with van der Waals surface area (Å²) in [5, 5.41) is 5.23. The van der Waals surface area contributed by atoms with Gasteiger partial charge in [0.1, 0.15) is 28.7 Å². The number of imidazole rings is 1. The van der Waals surface area contributed by atoms with Gasteiger partial charge < -0.3 is 15.5 Å². The Morgan fingerprint density at radius 1 is 1.02 bits per heavy atom. The van der Waals surface area contributed by atoms with Crippen molar-refractivity contribution in [2.75, 3.05) is 18.4 Å². The van der Waals surface area contributed by atoms with Gasteiger partial charge in [-0.1, -0.05) is 11.6 Å². The van der Waals surface area contributed by atoms with E-state index in [9.17, 15) is 36.3 Å². The molecule has 0 saturated carbocycles. The van der Waals surface area contributed by atoms with E-state index < -0.39 is 46.8 Å². The molecule has 4 aromatic rings. The minimum Gasteiger partial charge on any atom is -0.340 e. The lowest BCUT2D eigenvalue weighted by Gasteiger charge is -2.18. The summed E-state index contributed by atoms with van der Waals surface area (Å²) < 4.78 is 69.6. The molecule has 4 heterocycles. The highest BCUT2D eigenvalue weighted by molar-refractivity contribution is 6.31. The smallest absolute Gasteiger partial charge is 0.340 e. The molecule has 0 aliphatic carbocycles. The molecule has 216 valence electrons. The van der Waals surface area contributed by atoms with Crippen LogP contribution in [0.1, 0.15) is 66.9 Å². The van der Waals surface area contributed by atoms with E-state index in [1.165, 1.54) is 22.7 Å². The van der Waals surface area contributed by atoms with Gasteiger partial charge in [-0.05, 0) is 49.2 Å². The molecule has 8 nitrogen and oxygen atoms in total. The van der Waals surface area contributed by atoms with Crippen LogP contribution in [0, 0.1) is 11.6 Å². The number of amides is 3. The normalized spacial score (nSPS) is 16.6. The van der Waals surface area contributed by atoms with Crippen molar-refractivity contribution in [3.8, 4) is 0 Å². The fourth-order valence-electron chi connectivity index (χ4n) is 5.27. The highest BCUT2D eigenvalue weighted by atomic mass is 35.5. The van der Waals surface area contributed by atoms with Gasteiger partial charge in [-0.25, -0.2) is 13.8 Å². The number of fused-ring (bicyclic) bond motifs is 3. The van der Waals surface area contributed by atoms with E-state index in [0.29, 0.717) is 25.2 Å². The number of hydrogen-bond donors (Lipinski definition) is 2. The summed E-state index contributed by atoms with van der Waals surface area (Å²) in [6.07, 6.45) is -1.88. The number of nitrogens with zero attached hydrogens (tertiary/aromatic N) is 3. The van der Waals surface area contributed by atoms with E-state index in [2.05, 4.69) is 15.6 Å². The lowest BCUT2D eigenvalue weighted by Crippen LogP contribution is -2.27. The van der Waals surface area contributed by atoms with Gasteiger partial charge in [0.25, 0.3) is 17.7 Å². The van der Waals surface area contributed by atoms with Crippen molar-refractivity contribution in [3.63, 3.8) is 0 Å². The van der Waals surface area contributed by atoms with Gasteiger partial charge in [0.2, 0.25) is 0 Å². The molecule has 14 heteroatoms. The molecular weight excluding hydrogens is 585 g/mol. The van der Waals surface area contributed by atoms with E-state index in [0.717, 1.165) is 25.0 Å². The molecule has 0 radical (unpaired) electrons. The van der Waals surface area contributed by atoms with E-state index in [1.807, 2.05) is 0 Å². The van der Waals surface area contributed by atoms with E-state index in [4.69, 9.17) is 11.6 Å². The Morgan fingerprint density at radius 3 is 2.48 bits per heavy atom. The zero-order valence-corrected chi connectivity index (χ0v) is 22.1. The first-order valence-electron chi connectivity index (χ1n) is 12.7. The molecule has 1 saturated heterocycles. The molecule has 2 aliphatic heterocycles. The Balaban J connectivity index is 1.51. The third-order valence-corrected chi connectivity index (χ3v) is 7.53. The molecule has 3 amide bonds. The number of alkyl halides is 3. The standard InChI is InChI=1S/C28H19ClF5N5O3/c29-18-4-3-15(30)10-17(18)23-22-19(36-25(40)13-7-14(28(32,33)34)9-16(31)8-13)11-21-35-20(27(42)38-5-1-2-6-38)12-39(21)24(22)26(41)37-23/h3-4,7-12,23H,1-2,5-6H2,(H,36,40)(H,37,41). The molecule has 42 heavy (non-hydrogen) atoms. The number of carbonyl (C=O) groups is 3. The van der Waals surface area contributed by atoms with Crippen LogP contribution in [0.25, 0.3) is 5.65 Å². The Hall–Kier alpha value is -4.52. The molecule has 2 aromatic carbocycles. The van der Waals surface area contributed by atoms with Crippen LogP contribution in [-0.4, -0.2) is 45.1 Å². The first-order valence-corrected chi connectivity index (χ1v) is 13.1. The number of halogens is 6. The predicted molar refractivity (Wildman–Crippen MR) is 140 cm³/mol. The predicted octanol–water partition coefficient (Wildman–Crippen LogP) is 5.61. The van der Waals surface area contributed by atoms with Gasteiger partial charge in [0.05, 0.1) is 17.3 Å². The van der Waals surface area contributed by atoms with Crippen LogP contribution in [0.3, 0.4) is 0 Å². The van der Waals surface area contributed by atoms with E-state index in [-0.39, 0.29) is 50.8 Å². The maximum absolute atomic E-state index is 14.2. The van der Waals surface area contributed by atoms with Crippen molar-refractivity contribution in [2.45, 2.75) is 25.1 Å². The van der Waals surface area contributed by atoms with Crippen molar-refractivity contribution in [1.82, 2.24) is 19.6 Å². The molecule has 1 unspecified atom stereocenters. The first kappa shape index (κ1) is 27.6.